The van der Waals surface area contributed by atoms with Gasteiger partial charge in [-0.05, 0) is 25.1 Å². The maximum absolute atomic E-state index is 12.9. The van der Waals surface area contributed by atoms with Crippen LogP contribution in [0.1, 0.15) is 25.3 Å². The average molecular weight is 378 g/mol. The number of nitrogens with zero attached hydrogens (tertiary/aromatic N) is 1. The highest BCUT2D eigenvalue weighted by Gasteiger charge is 2.34. The van der Waals surface area contributed by atoms with Gasteiger partial charge >= 0.3 is 6.18 Å². The number of para-hydroxylation sites is 1. The molecule has 25 heavy (non-hydrogen) atoms. The van der Waals surface area contributed by atoms with E-state index in [4.69, 9.17) is 0 Å². The van der Waals surface area contributed by atoms with Crippen LogP contribution in [0.25, 0.3) is 0 Å². The molecule has 0 bridgehead atoms. The molecule has 140 valence electrons. The Balaban J connectivity index is 1.95. The standard InChI is InChI=1S/C16H21F3N2O3S/c1-2-21(12-8-10-25(23,24)11-12)9-7-15(22)20-14-6-4-3-5-13(14)16(17,18)19/h3-6,12H,2,7-11H2,1H3,(H,20,22). The monoisotopic (exact) mass is 378 g/mol. The van der Waals surface area contributed by atoms with Gasteiger partial charge in [0.1, 0.15) is 0 Å². The summed E-state index contributed by atoms with van der Waals surface area (Å²) in [6.07, 6.45) is -4.02. The van der Waals surface area contributed by atoms with Crippen LogP contribution < -0.4 is 5.32 Å². The lowest BCUT2D eigenvalue weighted by Gasteiger charge is -2.26. The Hall–Kier alpha value is -1.61. The van der Waals surface area contributed by atoms with Gasteiger partial charge in [0, 0.05) is 19.0 Å². The van der Waals surface area contributed by atoms with Gasteiger partial charge in [-0.25, -0.2) is 8.42 Å². The van der Waals surface area contributed by atoms with E-state index in [1.165, 1.54) is 18.2 Å². The number of sulfone groups is 1. The van der Waals surface area contributed by atoms with Crippen molar-refractivity contribution in [1.29, 1.82) is 0 Å². The normalized spacial score (nSPS) is 20.0. The Bertz CT molecular complexity index is 720. The first-order valence-corrected chi connectivity index (χ1v) is 9.85. The molecule has 0 radical (unpaired) electrons. The number of amides is 1. The van der Waals surface area contributed by atoms with Gasteiger partial charge in [0.05, 0.1) is 22.8 Å². The van der Waals surface area contributed by atoms with E-state index in [9.17, 15) is 26.4 Å². The van der Waals surface area contributed by atoms with Crippen LogP contribution in [0.2, 0.25) is 0 Å². The van der Waals surface area contributed by atoms with Gasteiger partial charge in [0.25, 0.3) is 0 Å². The van der Waals surface area contributed by atoms with Gasteiger partial charge in [0.15, 0.2) is 9.84 Å². The molecule has 1 aliphatic heterocycles. The molecule has 1 fully saturated rings. The molecule has 2 rings (SSSR count). The number of anilines is 1. The lowest BCUT2D eigenvalue weighted by molar-refractivity contribution is -0.137. The predicted octanol–water partition coefficient (Wildman–Crippen LogP) is 2.54. The molecule has 1 saturated heterocycles. The van der Waals surface area contributed by atoms with Crippen molar-refractivity contribution in [1.82, 2.24) is 4.90 Å². The number of halogens is 3. The molecule has 0 aromatic heterocycles. The highest BCUT2D eigenvalue weighted by Crippen LogP contribution is 2.34. The van der Waals surface area contributed by atoms with E-state index in [1.54, 1.807) is 0 Å². The van der Waals surface area contributed by atoms with Crippen molar-refractivity contribution in [2.24, 2.45) is 0 Å². The van der Waals surface area contributed by atoms with Crippen LogP contribution in [0.4, 0.5) is 18.9 Å². The summed E-state index contributed by atoms with van der Waals surface area (Å²) in [5, 5.41) is 2.30. The molecule has 1 atom stereocenters. The predicted molar refractivity (Wildman–Crippen MR) is 89.0 cm³/mol. The van der Waals surface area contributed by atoms with Gasteiger partial charge in [-0.3, -0.25) is 9.69 Å². The Labute approximate surface area is 145 Å². The van der Waals surface area contributed by atoms with Crippen LogP contribution in [0.15, 0.2) is 24.3 Å². The summed E-state index contributed by atoms with van der Waals surface area (Å²) in [6.45, 7) is 2.74. The van der Waals surface area contributed by atoms with Crippen molar-refractivity contribution in [2.75, 3.05) is 29.9 Å². The Morgan fingerprint density at radius 2 is 2.00 bits per heavy atom. The topological polar surface area (TPSA) is 66.5 Å². The molecular formula is C16H21F3N2O3S. The molecule has 0 spiro atoms. The van der Waals surface area contributed by atoms with Crippen molar-refractivity contribution in [3.8, 4) is 0 Å². The number of carbonyl (C=O) groups excluding carboxylic acids is 1. The number of nitrogens with one attached hydrogen (secondary N) is 1. The molecule has 1 heterocycles. The highest BCUT2D eigenvalue weighted by molar-refractivity contribution is 7.91. The van der Waals surface area contributed by atoms with Gasteiger partial charge in [-0.2, -0.15) is 13.2 Å². The molecule has 1 aromatic carbocycles. The van der Waals surface area contributed by atoms with Crippen LogP contribution in [-0.2, 0) is 20.8 Å². The first-order chi connectivity index (χ1) is 11.6. The summed E-state index contributed by atoms with van der Waals surface area (Å²) < 4.78 is 61.9. The first kappa shape index (κ1) is 19.7. The van der Waals surface area contributed by atoms with E-state index in [1.807, 2.05) is 11.8 Å². The summed E-state index contributed by atoms with van der Waals surface area (Å²) in [5.74, 6) is -0.324. The molecule has 0 saturated carbocycles. The molecule has 9 heteroatoms. The molecule has 5 nitrogen and oxygen atoms in total. The third kappa shape index (κ3) is 5.43. The fourth-order valence-electron chi connectivity index (χ4n) is 2.96. The number of rotatable bonds is 6. The summed E-state index contributed by atoms with van der Waals surface area (Å²) in [6, 6.07) is 4.68. The average Bonchev–Trinajstić information content (AvgIpc) is 2.87. The fourth-order valence-corrected chi connectivity index (χ4v) is 4.72. The van der Waals surface area contributed by atoms with Crippen molar-refractivity contribution in [2.45, 2.75) is 32.0 Å². The summed E-state index contributed by atoms with van der Waals surface area (Å²) in [5.41, 5.74) is -1.16. The van der Waals surface area contributed by atoms with Gasteiger partial charge in [0.2, 0.25) is 5.91 Å². The van der Waals surface area contributed by atoms with Crippen LogP contribution in [-0.4, -0.2) is 49.9 Å². The molecule has 1 N–H and O–H groups in total. The smallest absolute Gasteiger partial charge is 0.325 e. The number of hydrogen-bond acceptors (Lipinski definition) is 4. The fraction of sp³-hybridized carbons (Fsp3) is 0.562. The minimum absolute atomic E-state index is 0.00339. The molecule has 0 aliphatic carbocycles. The van der Waals surface area contributed by atoms with Crippen LogP contribution >= 0.6 is 0 Å². The number of hydrogen-bond donors (Lipinski definition) is 1. The second kappa shape index (κ2) is 7.74. The van der Waals surface area contributed by atoms with E-state index in [-0.39, 0.29) is 29.7 Å². The molecular weight excluding hydrogens is 357 g/mol. The highest BCUT2D eigenvalue weighted by atomic mass is 32.2. The zero-order chi connectivity index (χ0) is 18.7. The lowest BCUT2D eigenvalue weighted by Crippen LogP contribution is -2.38. The van der Waals surface area contributed by atoms with Gasteiger partial charge < -0.3 is 5.32 Å². The second-order valence-electron chi connectivity index (χ2n) is 6.03. The third-order valence-electron chi connectivity index (χ3n) is 4.26. The molecule has 1 aromatic rings. The van der Waals surface area contributed by atoms with Crippen molar-refractivity contribution in [3.05, 3.63) is 29.8 Å². The zero-order valence-corrected chi connectivity index (χ0v) is 14.7. The summed E-state index contributed by atoms with van der Waals surface area (Å²) in [7, 11) is -3.03. The minimum Gasteiger partial charge on any atom is -0.325 e. The van der Waals surface area contributed by atoms with E-state index in [0.717, 1.165) is 6.07 Å². The van der Waals surface area contributed by atoms with Crippen molar-refractivity contribution < 1.29 is 26.4 Å². The minimum atomic E-state index is -4.54. The first-order valence-electron chi connectivity index (χ1n) is 8.03. The maximum atomic E-state index is 12.9. The van der Waals surface area contributed by atoms with Gasteiger partial charge in [-0.15, -0.1) is 0 Å². The van der Waals surface area contributed by atoms with Crippen molar-refractivity contribution in [3.63, 3.8) is 0 Å². The van der Waals surface area contributed by atoms with Crippen LogP contribution in [0, 0.1) is 0 Å². The van der Waals surface area contributed by atoms with E-state index >= 15 is 0 Å². The van der Waals surface area contributed by atoms with Crippen LogP contribution in [0.3, 0.4) is 0 Å². The van der Waals surface area contributed by atoms with E-state index in [0.29, 0.717) is 19.5 Å². The summed E-state index contributed by atoms with van der Waals surface area (Å²) >= 11 is 0. The van der Waals surface area contributed by atoms with E-state index < -0.39 is 27.5 Å². The lowest BCUT2D eigenvalue weighted by atomic mass is 10.1. The third-order valence-corrected chi connectivity index (χ3v) is 6.01. The zero-order valence-electron chi connectivity index (χ0n) is 13.8. The SMILES string of the molecule is CCN(CCC(=O)Nc1ccccc1C(F)(F)F)C1CCS(=O)(=O)C1. The second-order valence-corrected chi connectivity index (χ2v) is 8.26. The van der Waals surface area contributed by atoms with E-state index in [2.05, 4.69) is 5.32 Å². The summed E-state index contributed by atoms with van der Waals surface area (Å²) in [4.78, 5) is 13.9. The van der Waals surface area contributed by atoms with Crippen LogP contribution in [0.5, 0.6) is 0 Å². The largest absolute Gasteiger partial charge is 0.418 e. The Morgan fingerprint density at radius 1 is 1.32 bits per heavy atom. The number of carbonyl (C=O) groups is 1. The van der Waals surface area contributed by atoms with Gasteiger partial charge in [-0.1, -0.05) is 19.1 Å². The molecule has 1 unspecified atom stereocenters. The number of alkyl halides is 3. The Kier molecular flexibility index (Phi) is 6.10. The quantitative estimate of drug-likeness (QED) is 0.826. The maximum Gasteiger partial charge on any atom is 0.418 e. The molecule has 1 amide bonds. The Morgan fingerprint density at radius 3 is 2.56 bits per heavy atom. The number of benzene rings is 1. The van der Waals surface area contributed by atoms with Crippen molar-refractivity contribution >= 4 is 21.4 Å². The molecule has 1 aliphatic rings.